The fraction of sp³-hybridized carbons (Fsp3) is 0.529. The van der Waals surface area contributed by atoms with Crippen LogP contribution in [0.4, 0.5) is 4.39 Å². The number of carbonyl (C=O) groups excluding carboxylic acids is 2. The monoisotopic (exact) mass is 306 g/mol. The summed E-state index contributed by atoms with van der Waals surface area (Å²) in [6.07, 6.45) is 1.60. The molecule has 1 heterocycles. The van der Waals surface area contributed by atoms with Crippen molar-refractivity contribution in [3.05, 3.63) is 35.6 Å². The number of nitrogens with zero attached hydrogens (tertiary/aromatic N) is 1. The molecule has 5 heteroatoms. The van der Waals surface area contributed by atoms with E-state index in [2.05, 4.69) is 5.32 Å². The van der Waals surface area contributed by atoms with E-state index in [0.717, 1.165) is 6.42 Å². The number of halogens is 1. The van der Waals surface area contributed by atoms with Crippen molar-refractivity contribution in [2.75, 3.05) is 7.05 Å². The maximum Gasteiger partial charge on any atom is 0.225 e. The smallest absolute Gasteiger partial charge is 0.225 e. The van der Waals surface area contributed by atoms with Crippen LogP contribution in [0, 0.1) is 11.7 Å². The van der Waals surface area contributed by atoms with Crippen LogP contribution in [0.1, 0.15) is 44.7 Å². The first-order chi connectivity index (χ1) is 10.5. The SMILES string of the molecule is CCC(C)NC(=O)C1CCC(=O)N(C)C1c1ccccc1F. The molecule has 1 fully saturated rings. The van der Waals surface area contributed by atoms with Crippen LogP contribution < -0.4 is 5.32 Å². The Morgan fingerprint density at radius 1 is 1.45 bits per heavy atom. The molecule has 3 atom stereocenters. The fourth-order valence-corrected chi connectivity index (χ4v) is 2.91. The lowest BCUT2D eigenvalue weighted by Crippen LogP contribution is -2.48. The van der Waals surface area contributed by atoms with E-state index < -0.39 is 12.0 Å². The average molecular weight is 306 g/mol. The topological polar surface area (TPSA) is 49.4 Å². The van der Waals surface area contributed by atoms with Crippen molar-refractivity contribution in [2.24, 2.45) is 5.92 Å². The van der Waals surface area contributed by atoms with Gasteiger partial charge in [0.05, 0.1) is 12.0 Å². The quantitative estimate of drug-likeness (QED) is 0.929. The number of amides is 2. The Labute approximate surface area is 130 Å². The van der Waals surface area contributed by atoms with E-state index in [1.165, 1.54) is 11.0 Å². The summed E-state index contributed by atoms with van der Waals surface area (Å²) in [4.78, 5) is 26.1. The molecule has 1 saturated heterocycles. The summed E-state index contributed by atoms with van der Waals surface area (Å²) in [5, 5.41) is 2.95. The molecule has 0 aromatic heterocycles. The Hall–Kier alpha value is -1.91. The number of nitrogens with one attached hydrogen (secondary N) is 1. The lowest BCUT2D eigenvalue weighted by molar-refractivity contribution is -0.141. The number of hydrogen-bond acceptors (Lipinski definition) is 2. The molecular weight excluding hydrogens is 283 g/mol. The molecule has 0 aliphatic carbocycles. The highest BCUT2D eigenvalue weighted by atomic mass is 19.1. The second-order valence-electron chi connectivity index (χ2n) is 5.93. The maximum absolute atomic E-state index is 14.2. The zero-order chi connectivity index (χ0) is 16.3. The maximum atomic E-state index is 14.2. The largest absolute Gasteiger partial charge is 0.353 e. The second kappa shape index (κ2) is 6.90. The van der Waals surface area contributed by atoms with Crippen LogP contribution in [0.3, 0.4) is 0 Å². The fourth-order valence-electron chi connectivity index (χ4n) is 2.91. The Bertz CT molecular complexity index is 561. The first kappa shape index (κ1) is 16.5. The van der Waals surface area contributed by atoms with Gasteiger partial charge in [-0.05, 0) is 25.8 Å². The highest BCUT2D eigenvalue weighted by Gasteiger charge is 2.40. The van der Waals surface area contributed by atoms with Gasteiger partial charge in [-0.15, -0.1) is 0 Å². The number of rotatable bonds is 4. The molecule has 0 radical (unpaired) electrons. The molecule has 1 aliphatic rings. The summed E-state index contributed by atoms with van der Waals surface area (Å²) in [6, 6.07) is 5.88. The Kier molecular flexibility index (Phi) is 5.16. The van der Waals surface area contributed by atoms with Crippen molar-refractivity contribution in [1.82, 2.24) is 10.2 Å². The van der Waals surface area contributed by atoms with Crippen LogP contribution in [0.15, 0.2) is 24.3 Å². The summed E-state index contributed by atoms with van der Waals surface area (Å²) in [6.45, 7) is 3.93. The van der Waals surface area contributed by atoms with Gasteiger partial charge in [0.25, 0.3) is 0 Å². The predicted molar refractivity (Wildman–Crippen MR) is 82.5 cm³/mol. The van der Waals surface area contributed by atoms with Crippen molar-refractivity contribution in [2.45, 2.75) is 45.2 Å². The minimum absolute atomic E-state index is 0.0548. The van der Waals surface area contributed by atoms with E-state index in [1.54, 1.807) is 25.2 Å². The Balaban J connectivity index is 2.32. The van der Waals surface area contributed by atoms with Gasteiger partial charge in [-0.3, -0.25) is 9.59 Å². The van der Waals surface area contributed by atoms with Crippen LogP contribution in [-0.2, 0) is 9.59 Å². The van der Waals surface area contributed by atoms with Crippen molar-refractivity contribution < 1.29 is 14.0 Å². The van der Waals surface area contributed by atoms with Gasteiger partial charge in [0.1, 0.15) is 5.82 Å². The van der Waals surface area contributed by atoms with Crippen LogP contribution in [0.2, 0.25) is 0 Å². The van der Waals surface area contributed by atoms with Crippen molar-refractivity contribution in [3.8, 4) is 0 Å². The Morgan fingerprint density at radius 3 is 2.77 bits per heavy atom. The first-order valence-electron chi connectivity index (χ1n) is 7.76. The lowest BCUT2D eigenvalue weighted by Gasteiger charge is -2.39. The van der Waals surface area contributed by atoms with E-state index in [0.29, 0.717) is 18.4 Å². The molecule has 0 saturated carbocycles. The van der Waals surface area contributed by atoms with Gasteiger partial charge < -0.3 is 10.2 Å². The molecule has 1 aliphatic heterocycles. The van der Waals surface area contributed by atoms with E-state index in [1.807, 2.05) is 13.8 Å². The third kappa shape index (κ3) is 3.29. The van der Waals surface area contributed by atoms with Crippen LogP contribution >= 0.6 is 0 Å². The van der Waals surface area contributed by atoms with Gasteiger partial charge in [-0.1, -0.05) is 25.1 Å². The van der Waals surface area contributed by atoms with Crippen molar-refractivity contribution in [1.29, 1.82) is 0 Å². The van der Waals surface area contributed by atoms with Gasteiger partial charge in [0, 0.05) is 25.1 Å². The summed E-state index contributed by atoms with van der Waals surface area (Å²) in [5.74, 6) is -0.966. The van der Waals surface area contributed by atoms with Gasteiger partial charge >= 0.3 is 0 Å². The lowest BCUT2D eigenvalue weighted by atomic mass is 9.83. The standard InChI is InChI=1S/C17H23FN2O2/c1-4-11(2)19-17(22)13-9-10-15(21)20(3)16(13)12-7-5-6-8-14(12)18/h5-8,11,13,16H,4,9-10H2,1-3H3,(H,19,22). The first-order valence-corrected chi connectivity index (χ1v) is 7.76. The summed E-state index contributed by atoms with van der Waals surface area (Å²) < 4.78 is 14.2. The van der Waals surface area contributed by atoms with Gasteiger partial charge in [-0.25, -0.2) is 4.39 Å². The zero-order valence-corrected chi connectivity index (χ0v) is 13.3. The molecular formula is C17H23FN2O2. The molecule has 0 bridgehead atoms. The highest BCUT2D eigenvalue weighted by molar-refractivity contribution is 5.85. The third-order valence-electron chi connectivity index (χ3n) is 4.42. The van der Waals surface area contributed by atoms with Gasteiger partial charge in [0.15, 0.2) is 0 Å². The van der Waals surface area contributed by atoms with E-state index in [9.17, 15) is 14.0 Å². The van der Waals surface area contributed by atoms with Crippen LogP contribution in [0.25, 0.3) is 0 Å². The van der Waals surface area contributed by atoms with E-state index >= 15 is 0 Å². The Morgan fingerprint density at radius 2 is 2.14 bits per heavy atom. The molecule has 1 N–H and O–H groups in total. The van der Waals surface area contributed by atoms with E-state index in [4.69, 9.17) is 0 Å². The minimum Gasteiger partial charge on any atom is -0.353 e. The zero-order valence-electron chi connectivity index (χ0n) is 13.3. The normalized spacial score (nSPS) is 23.3. The number of carbonyl (C=O) groups is 2. The molecule has 1 aromatic rings. The van der Waals surface area contributed by atoms with Crippen molar-refractivity contribution >= 4 is 11.8 Å². The van der Waals surface area contributed by atoms with Crippen LogP contribution in [-0.4, -0.2) is 29.8 Å². The molecule has 22 heavy (non-hydrogen) atoms. The number of benzene rings is 1. The van der Waals surface area contributed by atoms with Gasteiger partial charge in [0.2, 0.25) is 11.8 Å². The van der Waals surface area contributed by atoms with Crippen molar-refractivity contribution in [3.63, 3.8) is 0 Å². The molecule has 120 valence electrons. The number of piperidine rings is 1. The minimum atomic E-state index is -0.550. The average Bonchev–Trinajstić information content (AvgIpc) is 2.50. The number of hydrogen-bond donors (Lipinski definition) is 1. The number of likely N-dealkylation sites (tertiary alicyclic amines) is 1. The predicted octanol–water partition coefficient (Wildman–Crippen LogP) is 2.65. The summed E-state index contributed by atoms with van der Waals surface area (Å²) in [7, 11) is 1.64. The van der Waals surface area contributed by atoms with Crippen LogP contribution in [0.5, 0.6) is 0 Å². The molecule has 0 spiro atoms. The molecule has 2 amide bonds. The molecule has 1 aromatic carbocycles. The third-order valence-corrected chi connectivity index (χ3v) is 4.42. The molecule has 3 unspecified atom stereocenters. The molecule has 4 nitrogen and oxygen atoms in total. The second-order valence-corrected chi connectivity index (χ2v) is 5.93. The summed E-state index contributed by atoms with van der Waals surface area (Å²) >= 11 is 0. The summed E-state index contributed by atoms with van der Waals surface area (Å²) in [5.41, 5.74) is 0.405. The van der Waals surface area contributed by atoms with E-state index in [-0.39, 0.29) is 23.7 Å². The highest BCUT2D eigenvalue weighted by Crippen LogP contribution is 2.37. The van der Waals surface area contributed by atoms with Gasteiger partial charge in [-0.2, -0.15) is 0 Å². The molecule has 2 rings (SSSR count).